The van der Waals surface area contributed by atoms with E-state index in [1.165, 1.54) is 14.0 Å². The Kier molecular flexibility index (Phi) is 15.8. The van der Waals surface area contributed by atoms with Crippen LogP contribution in [0, 0.1) is 53.3 Å². The van der Waals surface area contributed by atoms with E-state index < -0.39 is 59.4 Å². The second-order valence-corrected chi connectivity index (χ2v) is 24.9. The lowest BCUT2D eigenvalue weighted by atomic mass is 9.40. The Labute approximate surface area is 458 Å². The molecule has 15 unspecified atom stereocenters. The summed E-state index contributed by atoms with van der Waals surface area (Å²) in [5.74, 6) is 3.64. The largest absolute Gasteiger partial charge is 0.507 e. The Bertz CT molecular complexity index is 2860. The number of carbonyl (C=O) groups excluding carboxylic acids is 3. The van der Waals surface area contributed by atoms with Crippen molar-refractivity contribution in [1.82, 2.24) is 5.32 Å². The molecule has 5 fully saturated rings. The van der Waals surface area contributed by atoms with Gasteiger partial charge in [0.2, 0.25) is 0 Å². The Morgan fingerprint density at radius 2 is 1.62 bits per heavy atom. The molecule has 0 saturated heterocycles. The van der Waals surface area contributed by atoms with Crippen LogP contribution in [0.2, 0.25) is 0 Å². The fraction of sp³-hybridized carbons (Fsp3) is 0.609. The summed E-state index contributed by atoms with van der Waals surface area (Å²) in [4.78, 5) is 44.6. The Balaban J connectivity index is 1.13. The molecule has 3 aliphatic heterocycles. The van der Waals surface area contributed by atoms with Crippen molar-refractivity contribution in [3.63, 3.8) is 0 Å². The number of phenolic OH excluding ortho intramolecular Hbond substituents is 1. The minimum Gasteiger partial charge on any atom is -0.507 e. The van der Waals surface area contributed by atoms with Gasteiger partial charge in [0.1, 0.15) is 40.7 Å². The van der Waals surface area contributed by atoms with Crippen LogP contribution in [0.15, 0.2) is 60.2 Å². The molecule has 418 valence electrons. The first-order valence-corrected chi connectivity index (χ1v) is 29.2. The van der Waals surface area contributed by atoms with Gasteiger partial charge in [0.25, 0.3) is 0 Å². The first kappa shape index (κ1) is 54.8. The highest BCUT2D eigenvalue weighted by atomic mass is 16.6. The predicted octanol–water partition coefficient (Wildman–Crippen LogP) is 7.39. The molecular weight excluding hydrogens is 989 g/mol. The lowest BCUT2D eigenvalue weighted by molar-refractivity contribution is -0.265. The fourth-order valence-electron chi connectivity index (χ4n) is 16.2. The molecule has 3 aromatic carbocycles. The van der Waals surface area contributed by atoms with Crippen LogP contribution < -0.4 is 15.4 Å². The smallest absolute Gasteiger partial charge is 0.334 e. The number of esters is 2. The number of hydrogen-bond acceptors (Lipinski definition) is 14. The summed E-state index contributed by atoms with van der Waals surface area (Å²) in [7, 11) is 3.17. The standard InChI is InChI=1S/C64H80N2O12/c1-63(74,54(70)33-76-3)34-66-45-25-41(24-42(26-45)53(69)32-65-2)38-16-17-39-31-56(71)78-61-49(39)28-43(60(72)57(61)37-12-5-4-6-13-37)30-55-64(75)51-15-8-7-14-47(51)48-19-18-40-29-52(68)50(58(48)59(40)64)22-36-11-9-10-35(20-36)21-46(67)27-44(23-38)62(73)77-55/h9-11,20,24-28,37-40,46-48,50-51,53-55,58-59,65-67,69-70,72,74-75H,4-8,12-15,18-19,21-23,29-34H2,1-3H3. The number of anilines is 1. The van der Waals surface area contributed by atoms with Crippen molar-refractivity contribution in [2.75, 3.05) is 39.2 Å². The molecule has 78 heavy (non-hydrogen) atoms. The number of rotatable bonds is 11. The first-order chi connectivity index (χ1) is 37.5. The maximum absolute atomic E-state index is 15.9. The summed E-state index contributed by atoms with van der Waals surface area (Å²) in [6.07, 6.45) is 7.47. The zero-order chi connectivity index (χ0) is 54.6. The first-order valence-electron chi connectivity index (χ1n) is 29.2. The number of carbonyl (C=O) groups is 3. The average molecular weight is 1070 g/mol. The highest BCUT2D eigenvalue weighted by molar-refractivity contribution is 5.89. The van der Waals surface area contributed by atoms with Gasteiger partial charge in [-0.2, -0.15) is 0 Å². The van der Waals surface area contributed by atoms with Gasteiger partial charge in [0.05, 0.1) is 31.2 Å². The normalized spacial score (nSPS) is 33.3. The Morgan fingerprint density at radius 3 is 2.40 bits per heavy atom. The van der Waals surface area contributed by atoms with Crippen LogP contribution in [0.25, 0.3) is 0 Å². The van der Waals surface area contributed by atoms with Crippen molar-refractivity contribution in [3.05, 3.63) is 99.1 Å². The topological polar surface area (TPSA) is 224 Å². The van der Waals surface area contributed by atoms with Crippen LogP contribution in [0.4, 0.5) is 5.69 Å². The number of likely N-dealkylation sites (N-methyl/N-ethyl adjacent to an activating group) is 1. The number of Topliss-reactive ketones (excluding diaryl/α,β-unsaturated/α-hetero) is 1. The van der Waals surface area contributed by atoms with E-state index in [2.05, 4.69) is 34.6 Å². The van der Waals surface area contributed by atoms with E-state index >= 15 is 4.79 Å². The summed E-state index contributed by atoms with van der Waals surface area (Å²) in [5.41, 5.74) is 1.96. The third kappa shape index (κ3) is 10.5. The van der Waals surface area contributed by atoms with Gasteiger partial charge in [0, 0.05) is 73.7 Å². The zero-order valence-electron chi connectivity index (χ0n) is 45.6. The van der Waals surface area contributed by atoms with Crippen molar-refractivity contribution in [2.24, 2.45) is 41.4 Å². The molecule has 0 radical (unpaired) electrons. The van der Waals surface area contributed by atoms with Crippen LogP contribution in [-0.2, 0) is 43.1 Å². The molecule has 3 heterocycles. The molecule has 8 N–H and O–H groups in total. The van der Waals surface area contributed by atoms with Crippen molar-refractivity contribution in [1.29, 1.82) is 0 Å². The summed E-state index contributed by atoms with van der Waals surface area (Å²) in [5, 5.41) is 79.9. The summed E-state index contributed by atoms with van der Waals surface area (Å²) >= 11 is 0. The monoisotopic (exact) mass is 1070 g/mol. The maximum atomic E-state index is 15.9. The van der Waals surface area contributed by atoms with Crippen LogP contribution in [-0.4, -0.2) is 112 Å². The number of hydrogen-bond donors (Lipinski definition) is 8. The number of ketones is 1. The van der Waals surface area contributed by atoms with Crippen molar-refractivity contribution >= 4 is 23.4 Å². The molecule has 0 spiro atoms. The summed E-state index contributed by atoms with van der Waals surface area (Å²) in [6, 6.07) is 15.3. The van der Waals surface area contributed by atoms with E-state index in [1.54, 1.807) is 19.2 Å². The highest BCUT2D eigenvalue weighted by Crippen LogP contribution is 2.66. The third-order valence-electron chi connectivity index (χ3n) is 19.9. The second kappa shape index (κ2) is 22.4. The number of phenols is 1. The van der Waals surface area contributed by atoms with Crippen LogP contribution >= 0.6 is 0 Å². The Hall–Kier alpha value is -5.11. The molecule has 3 aromatic rings. The quantitative estimate of drug-likeness (QED) is 0.0533. The van der Waals surface area contributed by atoms with Crippen LogP contribution in [0.1, 0.15) is 160 Å². The SMILES string of the molecule is CNCC(O)c1cc(NCC(C)(O)C(O)COC)cc(C2C#CC3CC(=O)Oc4c3cc(c(O)c4C3CCCCC3)CC3OC(=O)C(=CC(O)Cc4cccc(c4)CC4C(=O)CC5CCC6C7CCCCC7C3(O)C5C46)C2)c1. The predicted molar refractivity (Wildman–Crippen MR) is 293 cm³/mol. The molecule has 12 bridgehead atoms. The number of methoxy groups -OCH3 is 1. The molecule has 14 nitrogen and oxygen atoms in total. The number of aliphatic hydroxyl groups excluding tert-OH is 3. The van der Waals surface area contributed by atoms with E-state index in [1.807, 2.05) is 30.3 Å². The van der Waals surface area contributed by atoms with Crippen LogP contribution in [0.5, 0.6) is 11.5 Å². The maximum Gasteiger partial charge on any atom is 0.334 e. The molecule has 11 rings (SSSR count). The van der Waals surface area contributed by atoms with Crippen molar-refractivity contribution < 1.29 is 59.2 Å². The number of aliphatic hydroxyl groups is 5. The van der Waals surface area contributed by atoms with Crippen molar-refractivity contribution in [2.45, 2.75) is 169 Å². The molecule has 5 saturated carbocycles. The van der Waals surface area contributed by atoms with Gasteiger partial charge < -0.3 is 55.5 Å². The molecule has 14 heteroatoms. The highest BCUT2D eigenvalue weighted by Gasteiger charge is 2.68. The van der Waals surface area contributed by atoms with Gasteiger partial charge in [-0.25, -0.2) is 4.79 Å². The Morgan fingerprint density at radius 1 is 0.859 bits per heavy atom. The van der Waals surface area contributed by atoms with Gasteiger partial charge >= 0.3 is 11.9 Å². The molecule has 15 atom stereocenters. The van der Waals surface area contributed by atoms with E-state index in [0.29, 0.717) is 52.1 Å². The van der Waals surface area contributed by atoms with E-state index in [-0.39, 0.29) is 110 Å². The molecule has 8 aliphatic rings. The van der Waals surface area contributed by atoms with E-state index in [0.717, 1.165) is 81.8 Å². The number of benzene rings is 3. The van der Waals surface area contributed by atoms with E-state index in [9.17, 15) is 40.2 Å². The minimum atomic E-state index is -1.63. The van der Waals surface area contributed by atoms with Gasteiger partial charge in [-0.3, -0.25) is 9.59 Å². The summed E-state index contributed by atoms with van der Waals surface area (Å²) in [6.45, 7) is 1.48. The second-order valence-electron chi connectivity index (χ2n) is 24.9. The number of aromatic hydroxyl groups is 1. The zero-order valence-corrected chi connectivity index (χ0v) is 45.6. The molecule has 0 aromatic heterocycles. The number of fused-ring (bicyclic) bond motifs is 10. The van der Waals surface area contributed by atoms with E-state index in [4.69, 9.17) is 14.2 Å². The molecular formula is C64H80N2O12. The minimum absolute atomic E-state index is 0.0210. The van der Waals surface area contributed by atoms with Crippen molar-refractivity contribution in [3.8, 4) is 23.3 Å². The molecule has 5 aliphatic carbocycles. The van der Waals surface area contributed by atoms with Crippen LogP contribution in [0.3, 0.4) is 0 Å². The van der Waals surface area contributed by atoms with Gasteiger partial charge in [0.15, 0.2) is 0 Å². The number of nitrogens with one attached hydrogen (secondary N) is 2. The van der Waals surface area contributed by atoms with Gasteiger partial charge in [-0.1, -0.05) is 74.3 Å². The third-order valence-corrected chi connectivity index (χ3v) is 19.9. The number of ether oxygens (including phenoxy) is 3. The van der Waals surface area contributed by atoms with Gasteiger partial charge in [-0.05, 0) is 159 Å². The lowest BCUT2D eigenvalue weighted by Gasteiger charge is -2.66. The summed E-state index contributed by atoms with van der Waals surface area (Å²) < 4.78 is 18.5. The average Bonchev–Trinajstić information content (AvgIpc) is 3.42. The fourth-order valence-corrected chi connectivity index (χ4v) is 16.2. The lowest BCUT2D eigenvalue weighted by Crippen LogP contribution is -2.71. The molecule has 0 amide bonds. The van der Waals surface area contributed by atoms with Gasteiger partial charge in [-0.15, -0.1) is 0 Å².